The molecule has 1 aromatic carbocycles. The highest BCUT2D eigenvalue weighted by Gasteiger charge is 2.30. The molecule has 1 aromatic rings. The number of aliphatic hydroxyl groups excluding tert-OH is 1. The number of urea groups is 1. The summed E-state index contributed by atoms with van der Waals surface area (Å²) in [5.74, 6) is 0. The van der Waals surface area contributed by atoms with Gasteiger partial charge in [-0.25, -0.2) is 4.79 Å². The summed E-state index contributed by atoms with van der Waals surface area (Å²) < 4.78 is 37.8. The van der Waals surface area contributed by atoms with Crippen LogP contribution in [0.15, 0.2) is 24.3 Å². The van der Waals surface area contributed by atoms with Crippen molar-refractivity contribution in [3.8, 4) is 0 Å². The number of carbonyl (C=O) groups excluding carboxylic acids is 1. The van der Waals surface area contributed by atoms with Gasteiger partial charge in [0.05, 0.1) is 11.7 Å². The maximum absolute atomic E-state index is 12.6. The normalized spacial score (nSPS) is 13.0. The zero-order valence-corrected chi connectivity index (χ0v) is 12.6. The first-order chi connectivity index (χ1) is 10.3. The van der Waals surface area contributed by atoms with Gasteiger partial charge in [-0.2, -0.15) is 13.2 Å². The molecule has 0 bridgehead atoms. The highest BCUT2D eigenvalue weighted by molar-refractivity contribution is 5.74. The Hall–Kier alpha value is -1.76. The van der Waals surface area contributed by atoms with Gasteiger partial charge in [0.2, 0.25) is 0 Å². The fraction of sp³-hybridized carbons (Fsp3) is 0.533. The SMILES string of the molecule is CCC(CC)NC(=O)NCC(O)c1cccc(C(F)(F)F)c1. The van der Waals surface area contributed by atoms with E-state index in [1.165, 1.54) is 12.1 Å². The fourth-order valence-electron chi connectivity index (χ4n) is 1.96. The molecule has 0 saturated carbocycles. The Morgan fingerprint density at radius 1 is 1.27 bits per heavy atom. The Balaban J connectivity index is 2.59. The van der Waals surface area contributed by atoms with Crippen LogP contribution in [0.1, 0.15) is 43.9 Å². The number of carbonyl (C=O) groups is 1. The largest absolute Gasteiger partial charge is 0.416 e. The molecule has 22 heavy (non-hydrogen) atoms. The number of halogens is 3. The van der Waals surface area contributed by atoms with Crippen molar-refractivity contribution in [2.45, 2.75) is 45.0 Å². The molecule has 0 heterocycles. The number of hydrogen-bond donors (Lipinski definition) is 3. The Labute approximate surface area is 127 Å². The van der Waals surface area contributed by atoms with Gasteiger partial charge in [0.15, 0.2) is 0 Å². The van der Waals surface area contributed by atoms with Crippen molar-refractivity contribution < 1.29 is 23.1 Å². The second-order valence-electron chi connectivity index (χ2n) is 5.01. The number of nitrogens with one attached hydrogen (secondary N) is 2. The third kappa shape index (κ3) is 5.55. The van der Waals surface area contributed by atoms with E-state index < -0.39 is 23.9 Å². The summed E-state index contributed by atoms with van der Waals surface area (Å²) in [6.45, 7) is 3.71. The van der Waals surface area contributed by atoms with Gasteiger partial charge in [-0.15, -0.1) is 0 Å². The van der Waals surface area contributed by atoms with Crippen LogP contribution < -0.4 is 10.6 Å². The molecule has 1 atom stereocenters. The number of rotatable bonds is 6. The molecule has 1 unspecified atom stereocenters. The van der Waals surface area contributed by atoms with Crippen molar-refractivity contribution in [1.29, 1.82) is 0 Å². The molecule has 0 aliphatic heterocycles. The summed E-state index contributed by atoms with van der Waals surface area (Å²) in [6.07, 6.45) is -4.11. The van der Waals surface area contributed by atoms with Crippen LogP contribution in [0.5, 0.6) is 0 Å². The Morgan fingerprint density at radius 2 is 1.91 bits per heavy atom. The summed E-state index contributed by atoms with van der Waals surface area (Å²) in [7, 11) is 0. The zero-order chi connectivity index (χ0) is 16.8. The lowest BCUT2D eigenvalue weighted by Gasteiger charge is -2.18. The quantitative estimate of drug-likeness (QED) is 0.754. The van der Waals surface area contributed by atoms with Crippen molar-refractivity contribution in [1.82, 2.24) is 10.6 Å². The van der Waals surface area contributed by atoms with Crippen LogP contribution in [0, 0.1) is 0 Å². The van der Waals surface area contributed by atoms with Gasteiger partial charge in [0.25, 0.3) is 0 Å². The molecule has 7 heteroatoms. The van der Waals surface area contributed by atoms with Crippen molar-refractivity contribution >= 4 is 6.03 Å². The third-order valence-corrected chi connectivity index (χ3v) is 3.38. The van der Waals surface area contributed by atoms with Crippen LogP contribution in [0.4, 0.5) is 18.0 Å². The molecular weight excluding hydrogens is 297 g/mol. The van der Waals surface area contributed by atoms with Crippen LogP contribution in [0.2, 0.25) is 0 Å². The molecule has 0 aromatic heterocycles. The van der Waals surface area contributed by atoms with E-state index >= 15 is 0 Å². The summed E-state index contributed by atoms with van der Waals surface area (Å²) in [4.78, 5) is 11.6. The third-order valence-electron chi connectivity index (χ3n) is 3.38. The molecule has 0 aliphatic rings. The Morgan fingerprint density at radius 3 is 2.45 bits per heavy atom. The average Bonchev–Trinajstić information content (AvgIpc) is 2.49. The molecule has 2 amide bonds. The van der Waals surface area contributed by atoms with Gasteiger partial charge < -0.3 is 15.7 Å². The van der Waals surface area contributed by atoms with E-state index in [0.29, 0.717) is 0 Å². The van der Waals surface area contributed by atoms with E-state index in [0.717, 1.165) is 25.0 Å². The Kier molecular flexibility index (Phi) is 6.67. The predicted octanol–water partition coefficient (Wildman–Crippen LogP) is 3.23. The van der Waals surface area contributed by atoms with E-state index in [4.69, 9.17) is 0 Å². The number of hydrogen-bond acceptors (Lipinski definition) is 2. The predicted molar refractivity (Wildman–Crippen MR) is 77.3 cm³/mol. The lowest BCUT2D eigenvalue weighted by molar-refractivity contribution is -0.137. The second-order valence-corrected chi connectivity index (χ2v) is 5.01. The maximum atomic E-state index is 12.6. The second kappa shape index (κ2) is 8.03. The molecule has 0 aliphatic carbocycles. The summed E-state index contributed by atoms with van der Waals surface area (Å²) in [5, 5.41) is 15.1. The van der Waals surface area contributed by atoms with Gasteiger partial charge in [-0.05, 0) is 30.5 Å². The van der Waals surface area contributed by atoms with Crippen LogP contribution in [-0.4, -0.2) is 23.7 Å². The summed E-state index contributed by atoms with van der Waals surface area (Å²) >= 11 is 0. The highest BCUT2D eigenvalue weighted by Crippen LogP contribution is 2.30. The van der Waals surface area contributed by atoms with Gasteiger partial charge in [-0.1, -0.05) is 26.0 Å². The van der Waals surface area contributed by atoms with E-state index in [1.807, 2.05) is 13.8 Å². The monoisotopic (exact) mass is 318 g/mol. The molecule has 0 spiro atoms. The van der Waals surface area contributed by atoms with Gasteiger partial charge in [-0.3, -0.25) is 0 Å². The first kappa shape index (κ1) is 18.3. The van der Waals surface area contributed by atoms with Crippen LogP contribution in [0.3, 0.4) is 0 Å². The Bertz CT molecular complexity index is 488. The van der Waals surface area contributed by atoms with E-state index in [1.54, 1.807) is 0 Å². The van der Waals surface area contributed by atoms with Crippen LogP contribution in [0.25, 0.3) is 0 Å². The molecule has 4 nitrogen and oxygen atoms in total. The standard InChI is InChI=1S/C15H21F3N2O2/c1-3-12(4-2)20-14(22)19-9-13(21)10-6-5-7-11(8-10)15(16,17)18/h5-8,12-13,21H,3-4,9H2,1-2H3,(H2,19,20,22). The minimum atomic E-state index is -4.46. The topological polar surface area (TPSA) is 61.4 Å². The lowest BCUT2D eigenvalue weighted by Crippen LogP contribution is -2.42. The van der Waals surface area contributed by atoms with Crippen LogP contribution in [-0.2, 0) is 6.18 Å². The molecule has 124 valence electrons. The number of benzene rings is 1. The minimum Gasteiger partial charge on any atom is -0.387 e. The smallest absolute Gasteiger partial charge is 0.387 e. The van der Waals surface area contributed by atoms with Crippen molar-refractivity contribution in [2.24, 2.45) is 0 Å². The maximum Gasteiger partial charge on any atom is 0.416 e. The van der Waals surface area contributed by atoms with Crippen molar-refractivity contribution in [2.75, 3.05) is 6.54 Å². The molecule has 0 radical (unpaired) electrons. The average molecular weight is 318 g/mol. The summed E-state index contributed by atoms with van der Waals surface area (Å²) in [5.41, 5.74) is -0.719. The molecular formula is C15H21F3N2O2. The number of alkyl halides is 3. The minimum absolute atomic E-state index is 0.0331. The lowest BCUT2D eigenvalue weighted by atomic mass is 10.1. The number of aliphatic hydroxyl groups is 1. The van der Waals surface area contributed by atoms with Gasteiger partial charge in [0.1, 0.15) is 0 Å². The molecule has 0 saturated heterocycles. The van der Waals surface area contributed by atoms with Gasteiger partial charge >= 0.3 is 12.2 Å². The van der Waals surface area contributed by atoms with Crippen molar-refractivity contribution in [3.05, 3.63) is 35.4 Å². The molecule has 0 fully saturated rings. The summed E-state index contributed by atoms with van der Waals surface area (Å²) in [6, 6.07) is 4.02. The molecule has 1 rings (SSSR count). The zero-order valence-electron chi connectivity index (χ0n) is 12.6. The van der Waals surface area contributed by atoms with E-state index in [9.17, 15) is 23.1 Å². The number of amides is 2. The van der Waals surface area contributed by atoms with E-state index in [-0.39, 0.29) is 18.2 Å². The van der Waals surface area contributed by atoms with Gasteiger partial charge in [0, 0.05) is 12.6 Å². The molecule has 3 N–H and O–H groups in total. The fourth-order valence-corrected chi connectivity index (χ4v) is 1.96. The van der Waals surface area contributed by atoms with E-state index in [2.05, 4.69) is 10.6 Å². The van der Waals surface area contributed by atoms with Crippen molar-refractivity contribution in [3.63, 3.8) is 0 Å². The van der Waals surface area contributed by atoms with Crippen LogP contribution >= 0.6 is 0 Å². The first-order valence-corrected chi connectivity index (χ1v) is 7.17. The highest BCUT2D eigenvalue weighted by atomic mass is 19.4. The first-order valence-electron chi connectivity index (χ1n) is 7.17.